The van der Waals surface area contributed by atoms with Crippen LogP contribution >= 0.6 is 11.6 Å². The fourth-order valence-corrected chi connectivity index (χ4v) is 3.77. The molecule has 1 aromatic rings. The molecule has 0 amide bonds. The Bertz CT molecular complexity index is 568. The number of benzene rings is 1. The van der Waals surface area contributed by atoms with E-state index in [1.165, 1.54) is 24.3 Å². The molecule has 1 aliphatic rings. The van der Waals surface area contributed by atoms with E-state index in [1.807, 2.05) is 0 Å². The van der Waals surface area contributed by atoms with E-state index in [9.17, 15) is 13.2 Å². The van der Waals surface area contributed by atoms with Crippen molar-refractivity contribution in [3.8, 4) is 0 Å². The predicted octanol–water partition coefficient (Wildman–Crippen LogP) is 0.668. The zero-order chi connectivity index (χ0) is 12.8. The van der Waals surface area contributed by atoms with Gasteiger partial charge in [-0.15, -0.1) is 0 Å². The third kappa shape index (κ3) is 1.92. The Balaban J connectivity index is 2.34. The lowest BCUT2D eigenvalue weighted by molar-refractivity contribution is -0.139. The van der Waals surface area contributed by atoms with Crippen LogP contribution in [0.25, 0.3) is 0 Å². The average Bonchev–Trinajstić information content (AvgIpc) is 2.94. The molecular weight excluding hydrogens is 266 g/mol. The zero-order valence-electron chi connectivity index (χ0n) is 8.63. The summed E-state index contributed by atoms with van der Waals surface area (Å²) in [6, 6.07) is 5.57. The van der Waals surface area contributed by atoms with E-state index in [-0.39, 0.29) is 11.3 Å². The highest BCUT2D eigenvalue weighted by molar-refractivity contribution is 7.92. The van der Waals surface area contributed by atoms with Crippen molar-refractivity contribution in [1.29, 1.82) is 0 Å². The number of halogens is 1. The number of nitrogens with two attached hydrogens (primary N) is 1. The van der Waals surface area contributed by atoms with Crippen molar-refractivity contribution < 1.29 is 18.3 Å². The predicted molar refractivity (Wildman–Crippen MR) is 61.6 cm³/mol. The van der Waals surface area contributed by atoms with E-state index in [0.29, 0.717) is 5.02 Å². The average molecular weight is 276 g/mol. The minimum Gasteiger partial charge on any atom is -0.480 e. The van der Waals surface area contributed by atoms with E-state index in [4.69, 9.17) is 22.4 Å². The highest BCUT2D eigenvalue weighted by Gasteiger charge is 2.64. The lowest BCUT2D eigenvalue weighted by Crippen LogP contribution is -2.38. The minimum atomic E-state index is -3.70. The highest BCUT2D eigenvalue weighted by Crippen LogP contribution is 2.42. The fourth-order valence-electron chi connectivity index (χ4n) is 1.65. The van der Waals surface area contributed by atoms with Crippen LogP contribution in [0.5, 0.6) is 0 Å². The van der Waals surface area contributed by atoms with Gasteiger partial charge >= 0.3 is 5.97 Å². The van der Waals surface area contributed by atoms with Gasteiger partial charge in [-0.2, -0.15) is 0 Å². The first-order valence-corrected chi connectivity index (χ1v) is 6.72. The molecule has 92 valence electrons. The number of sulfone groups is 1. The van der Waals surface area contributed by atoms with Crippen LogP contribution in [-0.2, 0) is 14.6 Å². The first kappa shape index (κ1) is 12.3. The van der Waals surface area contributed by atoms with Crippen molar-refractivity contribution in [3.05, 3.63) is 29.3 Å². The van der Waals surface area contributed by atoms with Gasteiger partial charge in [0.05, 0.1) is 10.1 Å². The molecule has 0 aliphatic heterocycles. The summed E-state index contributed by atoms with van der Waals surface area (Å²) < 4.78 is 24.1. The van der Waals surface area contributed by atoms with E-state index >= 15 is 0 Å². The Morgan fingerprint density at radius 3 is 2.35 bits per heavy atom. The maximum Gasteiger partial charge on any atom is 0.325 e. The van der Waals surface area contributed by atoms with Gasteiger partial charge in [0.15, 0.2) is 9.84 Å². The topological polar surface area (TPSA) is 97.5 Å². The summed E-state index contributed by atoms with van der Waals surface area (Å²) in [5.74, 6) is -1.29. The Hall–Kier alpha value is -1.11. The number of aliphatic carboxylic acids is 1. The number of carbonyl (C=O) groups is 1. The Morgan fingerprint density at radius 2 is 1.94 bits per heavy atom. The van der Waals surface area contributed by atoms with E-state index < -0.39 is 26.6 Å². The second-order valence-corrected chi connectivity index (χ2v) is 6.60. The molecule has 0 unspecified atom stereocenters. The van der Waals surface area contributed by atoms with Gasteiger partial charge in [0.2, 0.25) is 0 Å². The van der Waals surface area contributed by atoms with Crippen LogP contribution in [0.4, 0.5) is 0 Å². The monoisotopic (exact) mass is 275 g/mol. The molecule has 0 spiro atoms. The minimum absolute atomic E-state index is 0.0421. The van der Waals surface area contributed by atoms with Gasteiger partial charge in [0.25, 0.3) is 0 Å². The Morgan fingerprint density at radius 1 is 1.41 bits per heavy atom. The summed E-state index contributed by atoms with van der Waals surface area (Å²) in [5, 5.41) is 8.18. The Kier molecular flexibility index (Phi) is 2.68. The first-order valence-electron chi connectivity index (χ1n) is 4.80. The first-order chi connectivity index (χ1) is 7.78. The van der Waals surface area contributed by atoms with Crippen LogP contribution in [0.1, 0.15) is 6.42 Å². The van der Waals surface area contributed by atoms with Gasteiger partial charge in [-0.25, -0.2) is 8.42 Å². The van der Waals surface area contributed by atoms with Crippen molar-refractivity contribution in [2.45, 2.75) is 22.1 Å². The second kappa shape index (κ2) is 3.69. The van der Waals surface area contributed by atoms with Gasteiger partial charge in [0.1, 0.15) is 5.54 Å². The molecule has 1 aromatic carbocycles. The Labute approximate surface area is 103 Å². The fraction of sp³-hybridized carbons (Fsp3) is 0.300. The third-order valence-corrected chi connectivity index (χ3v) is 5.37. The van der Waals surface area contributed by atoms with Gasteiger partial charge < -0.3 is 10.8 Å². The number of hydrogen-bond donors (Lipinski definition) is 2. The largest absolute Gasteiger partial charge is 0.480 e. The third-order valence-electron chi connectivity index (χ3n) is 2.85. The van der Waals surface area contributed by atoms with Crippen LogP contribution < -0.4 is 5.73 Å². The molecule has 5 nitrogen and oxygen atoms in total. The maximum absolute atomic E-state index is 12.0. The van der Waals surface area contributed by atoms with Crippen molar-refractivity contribution >= 4 is 27.4 Å². The molecule has 0 saturated heterocycles. The number of hydrogen-bond acceptors (Lipinski definition) is 4. The summed E-state index contributed by atoms with van der Waals surface area (Å²) in [4.78, 5) is 10.9. The molecule has 2 atom stereocenters. The van der Waals surface area contributed by atoms with Crippen LogP contribution in [-0.4, -0.2) is 30.3 Å². The summed E-state index contributed by atoms with van der Waals surface area (Å²) in [5.41, 5.74) is 3.83. The zero-order valence-corrected chi connectivity index (χ0v) is 10.2. The molecule has 1 fully saturated rings. The van der Waals surface area contributed by atoms with Gasteiger partial charge in [-0.05, 0) is 30.7 Å². The van der Waals surface area contributed by atoms with Crippen LogP contribution in [0, 0.1) is 0 Å². The molecule has 0 aromatic heterocycles. The molecular formula is C10H10ClNO4S. The van der Waals surface area contributed by atoms with E-state index in [0.717, 1.165) is 0 Å². The quantitative estimate of drug-likeness (QED) is 0.845. The van der Waals surface area contributed by atoms with Crippen molar-refractivity contribution in [1.82, 2.24) is 0 Å². The van der Waals surface area contributed by atoms with Crippen molar-refractivity contribution in [3.63, 3.8) is 0 Å². The summed E-state index contributed by atoms with van der Waals surface area (Å²) in [7, 11) is -3.70. The molecule has 17 heavy (non-hydrogen) atoms. The highest BCUT2D eigenvalue weighted by atomic mass is 35.5. The summed E-state index contributed by atoms with van der Waals surface area (Å²) >= 11 is 5.65. The van der Waals surface area contributed by atoms with E-state index in [2.05, 4.69) is 0 Å². The lowest BCUT2D eigenvalue weighted by Gasteiger charge is -2.07. The van der Waals surface area contributed by atoms with Gasteiger partial charge in [0, 0.05) is 5.02 Å². The van der Waals surface area contributed by atoms with Crippen LogP contribution in [0.15, 0.2) is 29.2 Å². The maximum atomic E-state index is 12.0. The van der Waals surface area contributed by atoms with Crippen LogP contribution in [0.2, 0.25) is 5.02 Å². The molecule has 3 N–H and O–H groups in total. The van der Waals surface area contributed by atoms with E-state index in [1.54, 1.807) is 0 Å². The molecule has 1 saturated carbocycles. The van der Waals surface area contributed by atoms with Gasteiger partial charge in [-0.3, -0.25) is 4.79 Å². The molecule has 0 heterocycles. The molecule has 7 heteroatoms. The van der Waals surface area contributed by atoms with Crippen molar-refractivity contribution in [2.75, 3.05) is 0 Å². The summed E-state index contributed by atoms with van der Waals surface area (Å²) in [6.45, 7) is 0. The molecule has 0 radical (unpaired) electrons. The van der Waals surface area contributed by atoms with Crippen molar-refractivity contribution in [2.24, 2.45) is 5.73 Å². The summed E-state index contributed by atoms with van der Waals surface area (Å²) in [6.07, 6.45) is -0.0622. The number of rotatable bonds is 3. The molecule has 2 rings (SSSR count). The normalized spacial score (nSPS) is 27.8. The standard InChI is InChI=1S/C10H10ClNO4S/c11-6-1-3-7(4-2-6)17(15,16)8-5-10(8,12)9(13)14/h1-4,8H,5,12H2,(H,13,14)/t8-,10-/m1/s1. The SMILES string of the molecule is N[C@]1(C(=O)O)C[C@H]1S(=O)(=O)c1ccc(Cl)cc1. The lowest BCUT2D eigenvalue weighted by atomic mass is 10.3. The number of carboxylic acid groups (broad SMARTS) is 1. The molecule has 0 bridgehead atoms. The second-order valence-electron chi connectivity index (χ2n) is 4.04. The molecule has 1 aliphatic carbocycles. The smallest absolute Gasteiger partial charge is 0.325 e. The van der Waals surface area contributed by atoms with Crippen LogP contribution in [0.3, 0.4) is 0 Å². The van der Waals surface area contributed by atoms with Gasteiger partial charge in [-0.1, -0.05) is 11.6 Å². The number of carboxylic acids is 1.